The molecular weight excluding hydrogens is 865 g/mol. The van der Waals surface area contributed by atoms with Gasteiger partial charge in [0.25, 0.3) is 0 Å². The van der Waals surface area contributed by atoms with Gasteiger partial charge in [0.15, 0.2) is 5.58 Å². The zero-order chi connectivity index (χ0) is 48.0. The number of rotatable bonds is 2. The van der Waals surface area contributed by atoms with Crippen LogP contribution in [0.25, 0.3) is 126 Å². The van der Waals surface area contributed by atoms with Gasteiger partial charge in [-0.25, -0.2) is 4.85 Å². The number of furan rings is 2. The van der Waals surface area contributed by atoms with Crippen LogP contribution in [0.15, 0.2) is 167 Å². The van der Waals surface area contributed by atoms with E-state index in [1.807, 2.05) is 24.3 Å². The fourth-order valence-electron chi connectivity index (χ4n) is 13.6. The molecule has 12 aromatic rings. The summed E-state index contributed by atoms with van der Waals surface area (Å²) < 4.78 is 13.3. The molecule has 2 aromatic heterocycles. The van der Waals surface area contributed by atoms with Gasteiger partial charge in [-0.1, -0.05) is 157 Å². The van der Waals surface area contributed by atoms with Crippen molar-refractivity contribution in [2.24, 2.45) is 0 Å². The predicted molar refractivity (Wildman–Crippen MR) is 291 cm³/mol. The van der Waals surface area contributed by atoms with Crippen LogP contribution in [-0.2, 0) is 16.2 Å². The van der Waals surface area contributed by atoms with E-state index in [1.54, 1.807) is 0 Å². The number of para-hydroxylation sites is 4. The highest BCUT2D eigenvalue weighted by atomic mass is 16.3. The molecule has 0 atom stereocenters. The lowest BCUT2D eigenvalue weighted by Gasteiger charge is -2.25. The van der Waals surface area contributed by atoms with Crippen molar-refractivity contribution in [2.75, 3.05) is 0 Å². The van der Waals surface area contributed by atoms with Crippen LogP contribution in [0, 0.1) is 17.9 Å². The van der Waals surface area contributed by atoms with Gasteiger partial charge in [-0.15, -0.1) is 0 Å². The number of hydrogen-bond acceptors (Lipinski definition) is 3. The Morgan fingerprint density at radius 2 is 0.732 bits per heavy atom. The molecule has 3 aliphatic rings. The molecule has 0 N–H and O–H groups in total. The lowest BCUT2D eigenvalue weighted by molar-refractivity contribution is 0.649. The van der Waals surface area contributed by atoms with Gasteiger partial charge in [-0.05, 0) is 142 Å². The summed E-state index contributed by atoms with van der Waals surface area (Å²) in [5.74, 6) is 0. The summed E-state index contributed by atoms with van der Waals surface area (Å²) in [6, 6.07) is 59.6. The Morgan fingerprint density at radius 1 is 0.366 bits per heavy atom. The molecule has 10 aromatic carbocycles. The Hall–Kier alpha value is -8.70. The highest BCUT2D eigenvalue weighted by Crippen LogP contribution is 2.62. The van der Waals surface area contributed by atoms with Crippen LogP contribution in [0.5, 0.6) is 0 Å². The van der Waals surface area contributed by atoms with Crippen LogP contribution in [0.3, 0.4) is 0 Å². The van der Waals surface area contributed by atoms with Crippen molar-refractivity contribution in [3.05, 3.63) is 208 Å². The van der Waals surface area contributed by atoms with Crippen molar-refractivity contribution in [1.29, 1.82) is 5.26 Å². The highest BCUT2D eigenvalue weighted by Gasteiger charge is 2.46. The van der Waals surface area contributed by atoms with E-state index < -0.39 is 0 Å². The van der Waals surface area contributed by atoms with Crippen molar-refractivity contribution in [3.8, 4) is 61.7 Å². The lowest BCUT2D eigenvalue weighted by atomic mass is 9.78. The zero-order valence-corrected chi connectivity index (χ0v) is 40.2. The van der Waals surface area contributed by atoms with E-state index in [0.717, 1.165) is 55.0 Å². The minimum atomic E-state index is -0.303. The first-order chi connectivity index (χ1) is 34.4. The maximum absolute atomic E-state index is 10.0. The fourth-order valence-corrected chi connectivity index (χ4v) is 13.6. The standard InChI is InChI=1S/C67H44N2O2/c1-65(2)52-32-50-54(66(3,4)56-28-46(36-17-8-10-19-38(36)59(50)56)44-24-13-22-41-40-21-12-16-35(34-68)61(40)70-62(41)44)30-48(52)49-31-55-51(33-53(49)65)60-39-20-11-9-18-37(39)47(29-57(60)67(55,5)6)45-25-14-23-42-43-26-15-27-58(69-7)64(43)71-63(42)45/h8-33H,1-6H3. The molecule has 4 heteroatoms. The van der Waals surface area contributed by atoms with Crippen LogP contribution in [0.1, 0.15) is 80.5 Å². The molecule has 0 amide bonds. The molecule has 0 aliphatic heterocycles. The van der Waals surface area contributed by atoms with Gasteiger partial charge >= 0.3 is 0 Å². The van der Waals surface area contributed by atoms with Gasteiger partial charge in [0.05, 0.1) is 12.1 Å². The maximum Gasteiger partial charge on any atom is 0.229 e. The Bertz CT molecular complexity index is 4280. The summed E-state index contributed by atoms with van der Waals surface area (Å²) in [5, 5.41) is 18.8. The molecule has 0 spiro atoms. The average Bonchev–Trinajstić information content (AvgIpc) is 4.14. The Kier molecular flexibility index (Phi) is 7.55. The van der Waals surface area contributed by atoms with Gasteiger partial charge in [0, 0.05) is 48.9 Å². The average molecular weight is 909 g/mol. The van der Waals surface area contributed by atoms with Crippen LogP contribution in [-0.4, -0.2) is 0 Å². The third-order valence-electron chi connectivity index (χ3n) is 17.1. The Morgan fingerprint density at radius 3 is 1.23 bits per heavy atom. The van der Waals surface area contributed by atoms with Crippen LogP contribution >= 0.6 is 0 Å². The third kappa shape index (κ3) is 4.92. The summed E-state index contributed by atoms with van der Waals surface area (Å²) in [6.07, 6.45) is 0. The molecule has 0 radical (unpaired) electrons. The maximum atomic E-state index is 10.0. The SMILES string of the molecule is [C-]#[N+]c1cccc2c1oc1c(-c3cc4c(c5ccccc35)-c3cc5c(cc3C4(C)C)-c3cc4c(cc3C5(C)C)-c3c(cc(-c5cccc6c5oc5c(C#N)cccc56)c5ccccc35)C4(C)C)cccc12. The lowest BCUT2D eigenvalue weighted by Crippen LogP contribution is -2.17. The molecule has 15 rings (SSSR count). The van der Waals surface area contributed by atoms with Gasteiger partial charge in [-0.2, -0.15) is 5.26 Å². The predicted octanol–water partition coefficient (Wildman–Crippen LogP) is 18.5. The van der Waals surface area contributed by atoms with E-state index in [1.165, 1.54) is 88.3 Å². The fraction of sp³-hybridized carbons (Fsp3) is 0.134. The van der Waals surface area contributed by atoms with Gasteiger partial charge < -0.3 is 8.83 Å². The topological polar surface area (TPSA) is 54.4 Å². The monoisotopic (exact) mass is 908 g/mol. The van der Waals surface area contributed by atoms with E-state index in [9.17, 15) is 5.26 Å². The molecule has 0 unspecified atom stereocenters. The largest absolute Gasteiger partial charge is 0.466 e. The number of fused-ring (bicyclic) bond motifs is 19. The van der Waals surface area contributed by atoms with Crippen molar-refractivity contribution >= 4 is 71.1 Å². The normalized spacial score (nSPS) is 15.2. The second-order valence-electron chi connectivity index (χ2n) is 21.7. The summed E-state index contributed by atoms with van der Waals surface area (Å²) in [5.41, 5.74) is 23.4. The molecule has 0 saturated carbocycles. The summed E-state index contributed by atoms with van der Waals surface area (Å²) >= 11 is 0. The van der Waals surface area contributed by atoms with E-state index in [0.29, 0.717) is 22.4 Å². The van der Waals surface area contributed by atoms with Crippen LogP contribution in [0.2, 0.25) is 0 Å². The summed E-state index contributed by atoms with van der Waals surface area (Å²) in [7, 11) is 0. The summed E-state index contributed by atoms with van der Waals surface area (Å²) in [4.78, 5) is 3.81. The first kappa shape index (κ1) is 40.2. The van der Waals surface area contributed by atoms with Crippen LogP contribution < -0.4 is 0 Å². The molecule has 2 heterocycles. The number of hydrogen-bond donors (Lipinski definition) is 0. The highest BCUT2D eigenvalue weighted by molar-refractivity contribution is 6.18. The smallest absolute Gasteiger partial charge is 0.229 e. The van der Waals surface area contributed by atoms with E-state index in [4.69, 9.17) is 15.4 Å². The zero-order valence-electron chi connectivity index (χ0n) is 40.2. The molecule has 0 fully saturated rings. The van der Waals surface area contributed by atoms with Crippen molar-refractivity contribution in [1.82, 2.24) is 0 Å². The molecule has 4 nitrogen and oxygen atoms in total. The minimum Gasteiger partial charge on any atom is -0.466 e. The van der Waals surface area contributed by atoms with E-state index >= 15 is 0 Å². The molecule has 3 aliphatic carbocycles. The quantitative estimate of drug-likeness (QED) is 0.162. The van der Waals surface area contributed by atoms with Crippen molar-refractivity contribution in [3.63, 3.8) is 0 Å². The first-order valence-corrected chi connectivity index (χ1v) is 24.6. The molecule has 334 valence electrons. The van der Waals surface area contributed by atoms with Gasteiger partial charge in [0.2, 0.25) is 5.69 Å². The van der Waals surface area contributed by atoms with Crippen molar-refractivity contribution in [2.45, 2.75) is 57.8 Å². The van der Waals surface area contributed by atoms with Gasteiger partial charge in [0.1, 0.15) is 22.8 Å². The Balaban J connectivity index is 0.906. The number of nitriles is 1. The van der Waals surface area contributed by atoms with Crippen molar-refractivity contribution < 1.29 is 8.83 Å². The van der Waals surface area contributed by atoms with E-state index in [-0.39, 0.29) is 16.2 Å². The molecule has 71 heavy (non-hydrogen) atoms. The minimum absolute atomic E-state index is 0.264. The number of benzene rings is 10. The second-order valence-corrected chi connectivity index (χ2v) is 21.7. The van der Waals surface area contributed by atoms with E-state index in [2.05, 4.69) is 186 Å². The first-order valence-electron chi connectivity index (χ1n) is 24.6. The van der Waals surface area contributed by atoms with Gasteiger partial charge in [-0.3, -0.25) is 0 Å². The third-order valence-corrected chi connectivity index (χ3v) is 17.1. The molecular formula is C67H44N2O2. The van der Waals surface area contributed by atoms with Crippen LogP contribution in [0.4, 0.5) is 5.69 Å². The Labute approximate surface area is 410 Å². The molecule has 0 bridgehead atoms. The second kappa shape index (κ2) is 13.3. The summed E-state index contributed by atoms with van der Waals surface area (Å²) in [6.45, 7) is 22.3. The number of nitrogens with zero attached hydrogens (tertiary/aromatic N) is 2. The molecule has 0 saturated heterocycles.